The highest BCUT2D eigenvalue weighted by atomic mass is 35.5. The fourth-order valence-electron chi connectivity index (χ4n) is 5.83. The molecule has 0 radical (unpaired) electrons. The largest absolute Gasteiger partial charge is 0.465 e. The molecule has 1 aliphatic carbocycles. The van der Waals surface area contributed by atoms with Gasteiger partial charge in [-0.2, -0.15) is 5.26 Å². The lowest BCUT2D eigenvalue weighted by Gasteiger charge is -2.43. The first-order valence-electron chi connectivity index (χ1n) is 13.0. The van der Waals surface area contributed by atoms with Gasteiger partial charge in [-0.1, -0.05) is 43.0 Å². The van der Waals surface area contributed by atoms with Crippen LogP contribution in [0.15, 0.2) is 54.6 Å². The van der Waals surface area contributed by atoms with Crippen LogP contribution in [-0.4, -0.2) is 19.0 Å². The number of ether oxygens (including phenoxy) is 1. The Morgan fingerprint density at radius 1 is 1.02 bits per heavy atom. The fraction of sp³-hybridized carbons (Fsp3) is 0.300. The van der Waals surface area contributed by atoms with E-state index < -0.39 is 35.1 Å². The summed E-state index contributed by atoms with van der Waals surface area (Å²) in [5.41, 5.74) is 0.528. The Morgan fingerprint density at radius 3 is 2.23 bits per heavy atom. The molecule has 1 amide bonds. The second kappa shape index (κ2) is 11.1. The summed E-state index contributed by atoms with van der Waals surface area (Å²) in [6.45, 7) is 0. The number of anilines is 3. The van der Waals surface area contributed by atoms with Crippen LogP contribution >= 0.6 is 11.6 Å². The van der Waals surface area contributed by atoms with E-state index in [1.165, 1.54) is 25.3 Å². The second-order valence-electron chi connectivity index (χ2n) is 10.1. The van der Waals surface area contributed by atoms with E-state index in [0.29, 0.717) is 22.0 Å². The molecule has 1 saturated carbocycles. The third-order valence-corrected chi connectivity index (χ3v) is 7.96. The Hall–Kier alpha value is -4.16. The second-order valence-corrected chi connectivity index (χ2v) is 10.5. The zero-order valence-corrected chi connectivity index (χ0v) is 22.4. The van der Waals surface area contributed by atoms with Gasteiger partial charge in [0.05, 0.1) is 41.2 Å². The van der Waals surface area contributed by atoms with Gasteiger partial charge in [-0.25, -0.2) is 13.6 Å². The Bertz CT molecular complexity index is 1470. The lowest BCUT2D eigenvalue weighted by molar-refractivity contribution is -0.124. The van der Waals surface area contributed by atoms with Crippen molar-refractivity contribution in [3.05, 3.63) is 87.9 Å². The topological polar surface area (TPSA) is 103 Å². The zero-order chi connectivity index (χ0) is 28.4. The van der Waals surface area contributed by atoms with Crippen molar-refractivity contribution in [2.24, 2.45) is 11.8 Å². The molecule has 10 heteroatoms. The molecule has 0 spiro atoms. The number of rotatable bonds is 6. The number of nitrogens with zero attached hydrogens (tertiary/aromatic N) is 1. The number of fused-ring (bicyclic) bond motifs is 1. The van der Waals surface area contributed by atoms with Crippen LogP contribution in [0, 0.1) is 34.8 Å². The molecule has 2 aliphatic rings. The average Bonchev–Trinajstić information content (AvgIpc) is 3.32. The van der Waals surface area contributed by atoms with E-state index in [1.54, 1.807) is 24.3 Å². The molecular formula is C30H27ClF2N4O3. The minimum Gasteiger partial charge on any atom is -0.465 e. The van der Waals surface area contributed by atoms with Crippen molar-refractivity contribution in [1.29, 1.82) is 5.26 Å². The molecule has 5 rings (SSSR count). The summed E-state index contributed by atoms with van der Waals surface area (Å²) in [6, 6.07) is 15.4. The molecule has 1 heterocycles. The van der Waals surface area contributed by atoms with E-state index in [0.717, 1.165) is 44.2 Å². The summed E-state index contributed by atoms with van der Waals surface area (Å²) in [4.78, 5) is 26.3. The van der Waals surface area contributed by atoms with Gasteiger partial charge >= 0.3 is 5.97 Å². The Labute approximate surface area is 235 Å². The first kappa shape index (κ1) is 27.4. The molecule has 1 atom stereocenters. The molecule has 3 N–H and O–H groups in total. The summed E-state index contributed by atoms with van der Waals surface area (Å²) in [5.74, 6) is -3.90. The molecular weight excluding hydrogens is 538 g/mol. The minimum atomic E-state index is -1.28. The number of carbonyl (C=O) groups excluding carboxylic acids is 2. The van der Waals surface area contributed by atoms with Crippen molar-refractivity contribution in [1.82, 2.24) is 0 Å². The number of benzene rings is 3. The van der Waals surface area contributed by atoms with E-state index in [2.05, 4.69) is 16.0 Å². The number of halogens is 3. The summed E-state index contributed by atoms with van der Waals surface area (Å²) < 4.78 is 33.3. The van der Waals surface area contributed by atoms with E-state index in [4.69, 9.17) is 16.3 Å². The Kier molecular flexibility index (Phi) is 7.63. The number of hydrogen-bond donors (Lipinski definition) is 3. The molecule has 206 valence electrons. The Balaban J connectivity index is 1.61. The number of hydrogen-bond acceptors (Lipinski definition) is 6. The molecule has 40 heavy (non-hydrogen) atoms. The van der Waals surface area contributed by atoms with Crippen molar-refractivity contribution in [3.8, 4) is 6.07 Å². The summed E-state index contributed by atoms with van der Waals surface area (Å²) >= 11 is 6.19. The van der Waals surface area contributed by atoms with Gasteiger partial charge < -0.3 is 20.7 Å². The van der Waals surface area contributed by atoms with Gasteiger partial charge in [0, 0.05) is 17.2 Å². The predicted molar refractivity (Wildman–Crippen MR) is 148 cm³/mol. The molecule has 0 aromatic heterocycles. The van der Waals surface area contributed by atoms with Crippen LogP contribution in [-0.2, 0) is 15.2 Å². The summed E-state index contributed by atoms with van der Waals surface area (Å²) in [5, 5.41) is 19.8. The molecule has 1 unspecified atom stereocenters. The number of carbonyl (C=O) groups is 2. The summed E-state index contributed by atoms with van der Waals surface area (Å²) in [6.07, 6.45) is 4.44. The maximum absolute atomic E-state index is 14.3. The smallest absolute Gasteiger partial charge is 0.337 e. The molecule has 1 aliphatic heterocycles. The predicted octanol–water partition coefficient (Wildman–Crippen LogP) is 6.80. The summed E-state index contributed by atoms with van der Waals surface area (Å²) in [7, 11) is 1.24. The van der Waals surface area contributed by atoms with Crippen LogP contribution in [0.2, 0.25) is 5.02 Å². The highest BCUT2D eigenvalue weighted by Gasteiger charge is 2.52. The van der Waals surface area contributed by atoms with E-state index in [9.17, 15) is 23.6 Å². The van der Waals surface area contributed by atoms with Gasteiger partial charge in [-0.3, -0.25) is 4.79 Å². The first-order chi connectivity index (χ1) is 19.3. The maximum Gasteiger partial charge on any atom is 0.337 e. The quantitative estimate of drug-likeness (QED) is 0.284. The van der Waals surface area contributed by atoms with Crippen LogP contribution in [0.3, 0.4) is 0 Å². The van der Waals surface area contributed by atoms with Crippen LogP contribution in [0.1, 0.15) is 53.6 Å². The molecule has 3 aromatic carbocycles. The number of methoxy groups -OCH3 is 1. The van der Waals surface area contributed by atoms with Gasteiger partial charge in [0.15, 0.2) is 11.6 Å². The normalized spacial score (nSPS) is 16.6. The highest BCUT2D eigenvalue weighted by Crippen LogP contribution is 2.49. The van der Waals surface area contributed by atoms with Crippen LogP contribution < -0.4 is 16.0 Å². The third kappa shape index (κ3) is 5.07. The number of amides is 1. The van der Waals surface area contributed by atoms with Crippen molar-refractivity contribution >= 4 is 40.5 Å². The lowest BCUT2D eigenvalue weighted by Crippen LogP contribution is -2.54. The number of nitriles is 1. The number of nitrogens with one attached hydrogen (secondary N) is 3. The lowest BCUT2D eigenvalue weighted by atomic mass is 9.71. The van der Waals surface area contributed by atoms with Crippen molar-refractivity contribution in [3.63, 3.8) is 0 Å². The maximum atomic E-state index is 14.3. The highest BCUT2D eigenvalue weighted by molar-refractivity contribution is 6.30. The molecule has 1 fully saturated rings. The fourth-order valence-corrected chi connectivity index (χ4v) is 5.96. The van der Waals surface area contributed by atoms with Crippen molar-refractivity contribution in [2.75, 3.05) is 23.1 Å². The van der Waals surface area contributed by atoms with E-state index >= 15 is 0 Å². The third-order valence-electron chi connectivity index (χ3n) is 7.71. The van der Waals surface area contributed by atoms with Crippen molar-refractivity contribution in [2.45, 2.75) is 37.8 Å². The number of esters is 1. The standard InChI is InChI=1S/C30H27ClF2N4O3/c1-40-29(39)18-7-12-24(19(13-18)16-34)35-28(38)27(17-5-3-2-4-6-17)30(20-8-10-21(31)11-9-20)36-25-14-22(32)23(33)15-26(25)37-30/h7-15,17,27,36-37H,2-6H2,1H3,(H,35,38). The van der Waals surface area contributed by atoms with Gasteiger partial charge in [-0.15, -0.1) is 0 Å². The van der Waals surface area contributed by atoms with Gasteiger partial charge in [-0.05, 0) is 54.7 Å². The molecule has 0 saturated heterocycles. The zero-order valence-electron chi connectivity index (χ0n) is 21.7. The van der Waals surface area contributed by atoms with Crippen LogP contribution in [0.25, 0.3) is 0 Å². The van der Waals surface area contributed by atoms with Gasteiger partial charge in [0.1, 0.15) is 11.7 Å². The van der Waals surface area contributed by atoms with Crippen LogP contribution in [0.4, 0.5) is 25.8 Å². The SMILES string of the molecule is COC(=O)c1ccc(NC(=O)C(C2CCCCC2)C2(c3ccc(Cl)cc3)Nc3cc(F)c(F)cc3N2)c(C#N)c1. The Morgan fingerprint density at radius 2 is 1.65 bits per heavy atom. The molecule has 3 aromatic rings. The van der Waals surface area contributed by atoms with E-state index in [-0.39, 0.29) is 22.7 Å². The molecule has 7 nitrogen and oxygen atoms in total. The monoisotopic (exact) mass is 564 g/mol. The van der Waals surface area contributed by atoms with E-state index in [1.807, 2.05) is 6.07 Å². The average molecular weight is 565 g/mol. The van der Waals surface area contributed by atoms with Gasteiger partial charge in [0.2, 0.25) is 5.91 Å². The minimum absolute atomic E-state index is 0.0963. The molecule has 0 bridgehead atoms. The van der Waals surface area contributed by atoms with Crippen molar-refractivity contribution < 1.29 is 23.1 Å². The van der Waals surface area contributed by atoms with Gasteiger partial charge in [0.25, 0.3) is 0 Å². The first-order valence-corrected chi connectivity index (χ1v) is 13.4. The van der Waals surface area contributed by atoms with Crippen LogP contribution in [0.5, 0.6) is 0 Å².